The van der Waals surface area contributed by atoms with Gasteiger partial charge in [0, 0.05) is 18.7 Å². The molecule has 0 saturated heterocycles. The second-order valence-electron chi connectivity index (χ2n) is 5.99. The lowest BCUT2D eigenvalue weighted by atomic mass is 10.1. The van der Waals surface area contributed by atoms with Crippen molar-refractivity contribution in [2.75, 3.05) is 13.7 Å². The van der Waals surface area contributed by atoms with E-state index in [4.69, 9.17) is 4.74 Å². The highest BCUT2D eigenvalue weighted by Crippen LogP contribution is 2.18. The molecule has 0 aromatic heterocycles. The van der Waals surface area contributed by atoms with Crippen LogP contribution in [0.1, 0.15) is 18.1 Å². The van der Waals surface area contributed by atoms with Crippen molar-refractivity contribution in [3.8, 4) is 5.75 Å². The van der Waals surface area contributed by atoms with Gasteiger partial charge in [-0.25, -0.2) is 0 Å². The van der Waals surface area contributed by atoms with Crippen molar-refractivity contribution < 1.29 is 19.4 Å². The first-order valence-corrected chi connectivity index (χ1v) is 8.17. The van der Waals surface area contributed by atoms with Gasteiger partial charge in [0.1, 0.15) is 5.75 Å². The summed E-state index contributed by atoms with van der Waals surface area (Å²) in [5.74, 6) is -0.840. The van der Waals surface area contributed by atoms with E-state index in [1.807, 2.05) is 30.3 Å². The second-order valence-corrected chi connectivity index (χ2v) is 5.99. The van der Waals surface area contributed by atoms with Crippen LogP contribution < -0.4 is 0 Å². The van der Waals surface area contributed by atoms with E-state index in [9.17, 15) is 14.7 Å². The van der Waals surface area contributed by atoms with Gasteiger partial charge >= 0.3 is 5.97 Å². The monoisotopic (exact) mass is 341 g/mol. The van der Waals surface area contributed by atoms with Gasteiger partial charge in [-0.2, -0.15) is 0 Å². The number of phenols is 1. The number of amides is 1. The first-order chi connectivity index (χ1) is 12.0. The van der Waals surface area contributed by atoms with Crippen molar-refractivity contribution >= 4 is 11.9 Å². The third kappa shape index (κ3) is 5.35. The Hall–Kier alpha value is -2.82. The summed E-state index contributed by atoms with van der Waals surface area (Å²) in [5.41, 5.74) is 1.54. The molecule has 25 heavy (non-hydrogen) atoms. The number of nitrogens with zero attached hydrogens (tertiary/aromatic N) is 1. The van der Waals surface area contributed by atoms with Gasteiger partial charge in [-0.3, -0.25) is 9.59 Å². The van der Waals surface area contributed by atoms with Crippen LogP contribution in [0.3, 0.4) is 0 Å². The standard InChI is InChI=1S/C20H23NO4/c1-15(20(24)25-2)13-21(14-16-8-4-3-5-9-16)19(23)12-17-10-6-7-11-18(17)22/h3-11,15,22H,12-14H2,1-2H3. The number of carbonyl (C=O) groups excluding carboxylic acids is 2. The number of methoxy groups -OCH3 is 1. The van der Waals surface area contributed by atoms with E-state index in [0.29, 0.717) is 12.1 Å². The third-order valence-corrected chi connectivity index (χ3v) is 4.00. The molecule has 0 spiro atoms. The van der Waals surface area contributed by atoms with Crippen LogP contribution in [0, 0.1) is 5.92 Å². The molecule has 1 unspecified atom stereocenters. The average molecular weight is 341 g/mol. The lowest BCUT2D eigenvalue weighted by Crippen LogP contribution is -2.37. The zero-order chi connectivity index (χ0) is 18.2. The molecule has 0 aliphatic rings. The maximum Gasteiger partial charge on any atom is 0.310 e. The van der Waals surface area contributed by atoms with Crippen LogP contribution in [-0.4, -0.2) is 35.5 Å². The maximum atomic E-state index is 12.8. The normalized spacial score (nSPS) is 11.6. The molecule has 0 aliphatic carbocycles. The molecule has 0 radical (unpaired) electrons. The zero-order valence-corrected chi connectivity index (χ0v) is 14.5. The SMILES string of the molecule is COC(=O)C(C)CN(Cc1ccccc1)C(=O)Cc1ccccc1O. The molecule has 0 saturated carbocycles. The molecule has 0 bridgehead atoms. The van der Waals surface area contributed by atoms with Crippen LogP contribution in [0.5, 0.6) is 5.75 Å². The first kappa shape index (κ1) is 18.5. The largest absolute Gasteiger partial charge is 0.508 e. The molecular formula is C20H23NO4. The molecule has 0 fully saturated rings. The van der Waals surface area contributed by atoms with Crippen molar-refractivity contribution in [2.45, 2.75) is 19.9 Å². The van der Waals surface area contributed by atoms with Crippen LogP contribution in [0.4, 0.5) is 0 Å². The second kappa shape index (κ2) is 8.87. The highest BCUT2D eigenvalue weighted by molar-refractivity contribution is 5.80. The topological polar surface area (TPSA) is 66.8 Å². The molecule has 5 heteroatoms. The molecule has 1 atom stereocenters. The fourth-order valence-corrected chi connectivity index (χ4v) is 2.60. The molecule has 0 aliphatic heterocycles. The van der Waals surface area contributed by atoms with Gasteiger partial charge in [0.2, 0.25) is 5.91 Å². The number of hydrogen-bond donors (Lipinski definition) is 1. The van der Waals surface area contributed by atoms with Gasteiger partial charge in [-0.15, -0.1) is 0 Å². The van der Waals surface area contributed by atoms with E-state index in [1.165, 1.54) is 7.11 Å². The van der Waals surface area contributed by atoms with Crippen molar-refractivity contribution in [1.29, 1.82) is 0 Å². The Bertz CT molecular complexity index is 715. The first-order valence-electron chi connectivity index (χ1n) is 8.17. The molecule has 2 aromatic rings. The summed E-state index contributed by atoms with van der Waals surface area (Å²) in [6.45, 7) is 2.39. The minimum absolute atomic E-state index is 0.0768. The Kier molecular flexibility index (Phi) is 6.57. The molecule has 2 rings (SSSR count). The Morgan fingerprint density at radius 3 is 2.36 bits per heavy atom. The van der Waals surface area contributed by atoms with Gasteiger partial charge < -0.3 is 14.7 Å². The van der Waals surface area contributed by atoms with Crippen LogP contribution in [0.2, 0.25) is 0 Å². The lowest BCUT2D eigenvalue weighted by molar-refractivity contribution is -0.146. The van der Waals surface area contributed by atoms with Gasteiger partial charge in [0.15, 0.2) is 0 Å². The number of ether oxygens (including phenoxy) is 1. The van der Waals surface area contributed by atoms with E-state index >= 15 is 0 Å². The molecule has 5 nitrogen and oxygen atoms in total. The minimum atomic E-state index is -0.429. The summed E-state index contributed by atoms with van der Waals surface area (Å²) < 4.78 is 4.76. The molecule has 1 amide bonds. The van der Waals surface area contributed by atoms with E-state index in [-0.39, 0.29) is 30.6 Å². The van der Waals surface area contributed by atoms with Crippen LogP contribution in [-0.2, 0) is 27.3 Å². The predicted octanol–water partition coefficient (Wildman–Crippen LogP) is 2.77. The number of rotatable bonds is 7. The van der Waals surface area contributed by atoms with Crippen molar-refractivity contribution in [2.24, 2.45) is 5.92 Å². The molecule has 132 valence electrons. The smallest absolute Gasteiger partial charge is 0.310 e. The van der Waals surface area contributed by atoms with Crippen molar-refractivity contribution in [3.63, 3.8) is 0 Å². The average Bonchev–Trinajstić information content (AvgIpc) is 2.63. The lowest BCUT2D eigenvalue weighted by Gasteiger charge is -2.25. The third-order valence-electron chi connectivity index (χ3n) is 4.00. The van der Waals surface area contributed by atoms with Gasteiger partial charge in [-0.05, 0) is 11.6 Å². The Balaban J connectivity index is 2.16. The summed E-state index contributed by atoms with van der Waals surface area (Å²) in [6.07, 6.45) is 0.0768. The van der Waals surface area contributed by atoms with Crippen LogP contribution in [0.25, 0.3) is 0 Å². The number of esters is 1. The number of para-hydroxylation sites is 1. The minimum Gasteiger partial charge on any atom is -0.508 e. The fourth-order valence-electron chi connectivity index (χ4n) is 2.60. The van der Waals surface area contributed by atoms with Crippen LogP contribution >= 0.6 is 0 Å². The summed E-state index contributed by atoms with van der Waals surface area (Å²) >= 11 is 0. The number of benzene rings is 2. The summed E-state index contributed by atoms with van der Waals surface area (Å²) in [6, 6.07) is 16.4. The molecule has 1 N–H and O–H groups in total. The highest BCUT2D eigenvalue weighted by atomic mass is 16.5. The van der Waals surface area contributed by atoms with Gasteiger partial charge in [-0.1, -0.05) is 55.5 Å². The zero-order valence-electron chi connectivity index (χ0n) is 14.5. The Morgan fingerprint density at radius 1 is 1.08 bits per heavy atom. The van der Waals surface area contributed by atoms with E-state index in [0.717, 1.165) is 5.56 Å². The number of hydrogen-bond acceptors (Lipinski definition) is 4. The van der Waals surface area contributed by atoms with E-state index in [1.54, 1.807) is 36.1 Å². The van der Waals surface area contributed by atoms with Crippen molar-refractivity contribution in [3.05, 3.63) is 65.7 Å². The predicted molar refractivity (Wildman–Crippen MR) is 94.8 cm³/mol. The Morgan fingerprint density at radius 2 is 1.72 bits per heavy atom. The van der Waals surface area contributed by atoms with Gasteiger partial charge in [0.05, 0.1) is 19.4 Å². The van der Waals surface area contributed by atoms with Crippen molar-refractivity contribution in [1.82, 2.24) is 4.90 Å². The maximum absolute atomic E-state index is 12.8. The van der Waals surface area contributed by atoms with E-state index < -0.39 is 5.92 Å². The number of phenolic OH excluding ortho intramolecular Hbond substituents is 1. The molecule has 2 aromatic carbocycles. The highest BCUT2D eigenvalue weighted by Gasteiger charge is 2.22. The molecular weight excluding hydrogens is 318 g/mol. The Labute approximate surface area is 147 Å². The summed E-state index contributed by atoms with van der Waals surface area (Å²) in [5, 5.41) is 9.89. The fraction of sp³-hybridized carbons (Fsp3) is 0.300. The quantitative estimate of drug-likeness (QED) is 0.787. The molecule has 0 heterocycles. The number of carbonyl (C=O) groups is 2. The summed E-state index contributed by atoms with van der Waals surface area (Å²) in [4.78, 5) is 26.1. The summed E-state index contributed by atoms with van der Waals surface area (Å²) in [7, 11) is 1.34. The van der Waals surface area contributed by atoms with Crippen LogP contribution in [0.15, 0.2) is 54.6 Å². The number of aromatic hydroxyl groups is 1. The van der Waals surface area contributed by atoms with E-state index in [2.05, 4.69) is 0 Å². The van der Waals surface area contributed by atoms with Gasteiger partial charge in [0.25, 0.3) is 0 Å².